The molecule has 0 unspecified atom stereocenters. The van der Waals surface area contributed by atoms with Crippen LogP contribution < -0.4 is 5.55 Å². The number of benzene rings is 2. The maximum atomic E-state index is 6.17. The lowest BCUT2D eigenvalue weighted by atomic mass is 10.1. The summed E-state index contributed by atoms with van der Waals surface area (Å²) in [7, 11) is 0. The number of thiazole rings is 2. The summed E-state index contributed by atoms with van der Waals surface area (Å²) in [4.78, 5) is 13.6. The summed E-state index contributed by atoms with van der Waals surface area (Å²) in [6, 6.07) is 15.4. The van der Waals surface area contributed by atoms with Crippen LogP contribution in [-0.2, 0) is 0 Å². The van der Waals surface area contributed by atoms with Crippen molar-refractivity contribution in [3.05, 3.63) is 81.1 Å². The maximum Gasteiger partial charge on any atom is 0.232 e. The first-order valence-electron chi connectivity index (χ1n) is 8.56. The van der Waals surface area contributed by atoms with Gasteiger partial charge in [-0.2, -0.15) is 4.99 Å². The van der Waals surface area contributed by atoms with Gasteiger partial charge in [-0.1, -0.05) is 47.5 Å². The minimum atomic E-state index is 0.480. The van der Waals surface area contributed by atoms with Crippen molar-refractivity contribution in [1.29, 1.82) is 0 Å². The van der Waals surface area contributed by atoms with Crippen LogP contribution in [-0.4, -0.2) is 9.97 Å². The Hall–Kier alpha value is -2.51. The average Bonchev–Trinajstić information content (AvgIpc) is 3.42. The number of hydrogen-bond acceptors (Lipinski definition) is 6. The Balaban J connectivity index is 1.68. The fourth-order valence-corrected chi connectivity index (χ4v) is 4.48. The largest absolute Gasteiger partial charge is 0.438 e. The molecule has 0 aliphatic carbocycles. The quantitative estimate of drug-likeness (QED) is 0.288. The molecule has 0 amide bonds. The molecule has 0 N–H and O–H groups in total. The second-order valence-electron chi connectivity index (χ2n) is 6.10. The molecule has 3 aromatic heterocycles. The van der Waals surface area contributed by atoms with E-state index in [1.54, 1.807) is 12.3 Å². The molecule has 142 valence electrons. The Labute approximate surface area is 183 Å². The Bertz CT molecular complexity index is 1390. The number of aromatic nitrogens is 2. The summed E-state index contributed by atoms with van der Waals surface area (Å²) < 4.78 is 6.10. The molecule has 29 heavy (non-hydrogen) atoms. The summed E-state index contributed by atoms with van der Waals surface area (Å²) in [5, 5.41) is 7.29. The molecule has 5 rings (SSSR count). The molecule has 0 atom stereocenters. The van der Waals surface area contributed by atoms with E-state index in [9.17, 15) is 0 Å². The van der Waals surface area contributed by atoms with Crippen LogP contribution in [0.5, 0.6) is 0 Å². The fraction of sp³-hybridized carbons (Fsp3) is 0. The molecular weight excluding hydrogens is 445 g/mol. The SMILES string of the molecule is Clc1ccc(-c2csc(-c3cc4ccccc4o/c3=N\c3nccs3)n2)cc1Cl. The van der Waals surface area contributed by atoms with Crippen molar-refractivity contribution in [1.82, 2.24) is 9.97 Å². The molecule has 2 aromatic carbocycles. The van der Waals surface area contributed by atoms with Gasteiger partial charge in [0.05, 0.1) is 21.3 Å². The van der Waals surface area contributed by atoms with Gasteiger partial charge in [-0.15, -0.1) is 22.7 Å². The van der Waals surface area contributed by atoms with Gasteiger partial charge in [0.15, 0.2) is 0 Å². The molecule has 5 aromatic rings. The Morgan fingerprint density at radius 1 is 0.966 bits per heavy atom. The Morgan fingerprint density at radius 2 is 1.86 bits per heavy atom. The predicted octanol–water partition coefficient (Wildman–Crippen LogP) is 7.22. The lowest BCUT2D eigenvalue weighted by Gasteiger charge is -2.02. The van der Waals surface area contributed by atoms with Crippen molar-refractivity contribution < 1.29 is 4.42 Å². The highest BCUT2D eigenvalue weighted by Gasteiger charge is 2.13. The summed E-state index contributed by atoms with van der Waals surface area (Å²) in [5.74, 6) is 0. The third-order valence-corrected chi connectivity index (χ3v) is 6.50. The van der Waals surface area contributed by atoms with Crippen molar-refractivity contribution in [3.8, 4) is 21.8 Å². The number of fused-ring (bicyclic) bond motifs is 1. The third kappa shape index (κ3) is 3.72. The molecule has 0 saturated carbocycles. The van der Waals surface area contributed by atoms with Gasteiger partial charge in [-0.25, -0.2) is 9.97 Å². The minimum absolute atomic E-state index is 0.480. The fourth-order valence-electron chi connectivity index (χ4n) is 2.85. The third-order valence-electron chi connectivity index (χ3n) is 4.22. The van der Waals surface area contributed by atoms with Crippen molar-refractivity contribution in [2.75, 3.05) is 0 Å². The smallest absolute Gasteiger partial charge is 0.232 e. The van der Waals surface area contributed by atoms with Crippen LogP contribution >= 0.6 is 45.9 Å². The van der Waals surface area contributed by atoms with Crippen molar-refractivity contribution in [2.24, 2.45) is 4.99 Å². The summed E-state index contributed by atoms with van der Waals surface area (Å²) in [6.07, 6.45) is 1.72. The van der Waals surface area contributed by atoms with Crippen molar-refractivity contribution in [3.63, 3.8) is 0 Å². The number of rotatable bonds is 3. The molecule has 0 fully saturated rings. The minimum Gasteiger partial charge on any atom is -0.438 e. The normalized spacial score (nSPS) is 12.0. The molecule has 4 nitrogen and oxygen atoms in total. The van der Waals surface area contributed by atoms with E-state index >= 15 is 0 Å². The molecule has 0 spiro atoms. The molecule has 0 radical (unpaired) electrons. The average molecular weight is 456 g/mol. The van der Waals surface area contributed by atoms with E-state index in [0.29, 0.717) is 20.7 Å². The monoisotopic (exact) mass is 455 g/mol. The lowest BCUT2D eigenvalue weighted by Crippen LogP contribution is -2.05. The molecule has 0 saturated heterocycles. The van der Waals surface area contributed by atoms with Gasteiger partial charge in [0.1, 0.15) is 10.6 Å². The summed E-state index contributed by atoms with van der Waals surface area (Å²) in [5.41, 5.74) is 3.77. The topological polar surface area (TPSA) is 51.3 Å². The number of halogens is 2. The van der Waals surface area contributed by atoms with Gasteiger partial charge in [-0.3, -0.25) is 0 Å². The van der Waals surface area contributed by atoms with Crippen LogP contribution in [0.2, 0.25) is 10.0 Å². The zero-order valence-corrected chi connectivity index (χ0v) is 17.8. The van der Waals surface area contributed by atoms with E-state index < -0.39 is 0 Å². The van der Waals surface area contributed by atoms with E-state index in [1.807, 2.05) is 53.2 Å². The molecule has 0 aliphatic heterocycles. The maximum absolute atomic E-state index is 6.17. The van der Waals surface area contributed by atoms with Gasteiger partial charge in [0.25, 0.3) is 0 Å². The first kappa shape index (κ1) is 18.5. The van der Waals surface area contributed by atoms with Crippen molar-refractivity contribution >= 4 is 62.0 Å². The van der Waals surface area contributed by atoms with Gasteiger partial charge >= 0.3 is 0 Å². The van der Waals surface area contributed by atoms with Crippen LogP contribution in [0.4, 0.5) is 5.13 Å². The Kier molecular flexibility index (Phi) is 4.93. The number of nitrogens with zero attached hydrogens (tertiary/aromatic N) is 3. The highest BCUT2D eigenvalue weighted by atomic mass is 35.5. The van der Waals surface area contributed by atoms with E-state index in [-0.39, 0.29) is 0 Å². The van der Waals surface area contributed by atoms with Gasteiger partial charge < -0.3 is 4.42 Å². The first-order chi connectivity index (χ1) is 14.2. The molecular formula is C21H11Cl2N3OS2. The van der Waals surface area contributed by atoms with Crippen molar-refractivity contribution in [2.45, 2.75) is 0 Å². The standard InChI is InChI=1S/C21H11Cl2N3OS2/c22-15-6-5-12(10-16(15)23)17-11-29-20(25-17)14-9-13-3-1-2-4-18(13)27-19(14)26-21-24-7-8-28-21/h1-11H/b26-19-. The van der Waals surface area contributed by atoms with Gasteiger partial charge in [0, 0.05) is 27.9 Å². The zero-order valence-electron chi connectivity index (χ0n) is 14.7. The highest BCUT2D eigenvalue weighted by Crippen LogP contribution is 2.32. The zero-order chi connectivity index (χ0) is 19.8. The van der Waals surface area contributed by atoms with E-state index in [4.69, 9.17) is 32.6 Å². The predicted molar refractivity (Wildman–Crippen MR) is 120 cm³/mol. The van der Waals surface area contributed by atoms with Crippen LogP contribution in [0.3, 0.4) is 0 Å². The first-order valence-corrected chi connectivity index (χ1v) is 11.1. The van der Waals surface area contributed by atoms with Crippen LogP contribution in [0, 0.1) is 0 Å². The van der Waals surface area contributed by atoms with E-state index in [1.165, 1.54) is 22.7 Å². The molecule has 0 bridgehead atoms. The molecule has 3 heterocycles. The molecule has 8 heteroatoms. The van der Waals surface area contributed by atoms with Crippen LogP contribution in [0.1, 0.15) is 0 Å². The Morgan fingerprint density at radius 3 is 2.69 bits per heavy atom. The van der Waals surface area contributed by atoms with Gasteiger partial charge in [-0.05, 0) is 24.3 Å². The summed E-state index contributed by atoms with van der Waals surface area (Å²) >= 11 is 15.2. The van der Waals surface area contributed by atoms with E-state index in [0.717, 1.165) is 32.8 Å². The van der Waals surface area contributed by atoms with Gasteiger partial charge in [0.2, 0.25) is 10.7 Å². The van der Waals surface area contributed by atoms with Crippen LogP contribution in [0.15, 0.2) is 74.9 Å². The van der Waals surface area contributed by atoms with Crippen LogP contribution in [0.25, 0.3) is 32.8 Å². The number of hydrogen-bond donors (Lipinski definition) is 0. The van der Waals surface area contributed by atoms with E-state index in [2.05, 4.69) is 9.98 Å². The second kappa shape index (κ2) is 7.72. The summed E-state index contributed by atoms with van der Waals surface area (Å²) in [6.45, 7) is 0. The highest BCUT2D eigenvalue weighted by molar-refractivity contribution is 7.13. The lowest BCUT2D eigenvalue weighted by molar-refractivity contribution is 0.547. The molecule has 0 aliphatic rings. The number of para-hydroxylation sites is 1. The second-order valence-corrected chi connectivity index (χ2v) is 8.64.